The monoisotopic (exact) mass is 552 g/mol. The fourth-order valence-electron chi connectivity index (χ4n) is 5.97. The van der Waals surface area contributed by atoms with Crippen molar-refractivity contribution < 1.29 is 32.8 Å². The van der Waals surface area contributed by atoms with E-state index in [0.717, 1.165) is 44.6 Å². The Labute approximate surface area is 227 Å². The number of carbonyl (C=O) groups excluding carboxylic acids is 3. The third-order valence-electron chi connectivity index (χ3n) is 8.20. The quantitative estimate of drug-likeness (QED) is 0.175. The molecule has 3 amide bonds. The third kappa shape index (κ3) is 6.67. The van der Waals surface area contributed by atoms with Crippen molar-refractivity contribution in [1.29, 1.82) is 0 Å². The molecule has 0 radical (unpaired) electrons. The van der Waals surface area contributed by atoms with Crippen LogP contribution >= 0.6 is 0 Å². The number of hydrogen-bond acceptors (Lipinski definition) is 5. The van der Waals surface area contributed by atoms with Crippen LogP contribution in [0, 0.1) is 34.7 Å². The van der Waals surface area contributed by atoms with E-state index in [4.69, 9.17) is 0 Å². The zero-order chi connectivity index (χ0) is 28.5. The molecule has 1 aromatic carbocycles. The second-order valence-corrected chi connectivity index (χ2v) is 12.3. The molecule has 0 aromatic heterocycles. The van der Waals surface area contributed by atoms with Crippen LogP contribution in [0.2, 0.25) is 0 Å². The van der Waals surface area contributed by atoms with Gasteiger partial charge in [-0.1, -0.05) is 46.5 Å². The maximum absolute atomic E-state index is 14.9. The van der Waals surface area contributed by atoms with Gasteiger partial charge in [0.05, 0.1) is 24.2 Å². The van der Waals surface area contributed by atoms with Crippen molar-refractivity contribution in [3.8, 4) is 0 Å². The summed E-state index contributed by atoms with van der Waals surface area (Å²) in [4.78, 5) is 39.8. The minimum Gasteiger partial charge on any atom is -0.366 e. The van der Waals surface area contributed by atoms with Crippen LogP contribution in [0.5, 0.6) is 0 Å². The number of rotatable bonds is 10. The lowest BCUT2D eigenvalue weighted by atomic mass is 9.84. The van der Waals surface area contributed by atoms with E-state index >= 15 is 0 Å². The topological polar surface area (TPSA) is 102 Å². The maximum atomic E-state index is 14.9. The van der Waals surface area contributed by atoms with Crippen LogP contribution in [0.15, 0.2) is 6.07 Å². The minimum atomic E-state index is -1.53. The van der Waals surface area contributed by atoms with E-state index in [2.05, 4.69) is 10.6 Å². The number of hydroxylamine groups is 2. The van der Waals surface area contributed by atoms with Crippen LogP contribution in [0.4, 0.5) is 18.9 Å². The number of amides is 3. The second-order valence-electron chi connectivity index (χ2n) is 12.3. The van der Waals surface area contributed by atoms with Crippen molar-refractivity contribution in [2.45, 2.75) is 90.3 Å². The molecule has 3 atom stereocenters. The van der Waals surface area contributed by atoms with Crippen molar-refractivity contribution in [1.82, 2.24) is 15.7 Å². The van der Waals surface area contributed by atoms with Gasteiger partial charge >= 0.3 is 0 Å². The molecule has 0 spiro atoms. The number of nitrogens with zero attached hydrogens (tertiary/aromatic N) is 2. The smallest absolute Gasteiger partial charge is 0.243 e. The largest absolute Gasteiger partial charge is 0.366 e. The summed E-state index contributed by atoms with van der Waals surface area (Å²) in [6.45, 7) is 5.53. The van der Waals surface area contributed by atoms with Crippen LogP contribution in [0.3, 0.4) is 0 Å². The number of halogens is 3. The third-order valence-corrected chi connectivity index (χ3v) is 8.20. The van der Waals surface area contributed by atoms with Gasteiger partial charge in [-0.05, 0) is 43.1 Å². The predicted molar refractivity (Wildman–Crippen MR) is 138 cm³/mol. The number of hydrogen-bond donors (Lipinski definition) is 3. The zero-order valence-corrected chi connectivity index (χ0v) is 22.8. The van der Waals surface area contributed by atoms with Gasteiger partial charge in [0.15, 0.2) is 17.5 Å². The molecule has 1 heterocycles. The lowest BCUT2D eigenvalue weighted by Crippen LogP contribution is -2.56. The molecular formula is C28H39F3N4O4. The average molecular weight is 553 g/mol. The minimum absolute atomic E-state index is 0.0159. The lowest BCUT2D eigenvalue weighted by molar-refractivity contribution is -0.155. The molecule has 11 heteroatoms. The van der Waals surface area contributed by atoms with Crippen LogP contribution in [-0.2, 0) is 14.4 Å². The Morgan fingerprint density at radius 1 is 1.10 bits per heavy atom. The highest BCUT2D eigenvalue weighted by atomic mass is 19.2. The van der Waals surface area contributed by atoms with Crippen LogP contribution < -0.4 is 15.5 Å². The molecule has 3 aliphatic rings. The Balaban J connectivity index is 1.54. The molecule has 2 aliphatic carbocycles. The van der Waals surface area contributed by atoms with Crippen molar-refractivity contribution in [2.75, 3.05) is 18.0 Å². The van der Waals surface area contributed by atoms with Gasteiger partial charge in [-0.15, -0.1) is 0 Å². The lowest BCUT2D eigenvalue weighted by Gasteiger charge is -2.38. The number of benzene rings is 1. The van der Waals surface area contributed by atoms with Crippen molar-refractivity contribution in [3.63, 3.8) is 0 Å². The van der Waals surface area contributed by atoms with E-state index in [0.29, 0.717) is 30.4 Å². The summed E-state index contributed by atoms with van der Waals surface area (Å²) in [6, 6.07) is -0.772. The summed E-state index contributed by atoms with van der Waals surface area (Å²) in [5.41, 5.74) is -0.575. The van der Waals surface area contributed by atoms with Crippen LogP contribution in [0.1, 0.15) is 83.7 Å². The van der Waals surface area contributed by atoms with Gasteiger partial charge in [0.1, 0.15) is 6.04 Å². The SMILES string of the molecule is CC(C)(C)[C@H](NC(=O)[C@H](CC1CCCC1)CN(O)C=O)C(=O)NC1CCN(C2CC2)c2c1cc(F)c(F)c2F. The molecule has 1 aliphatic heterocycles. The fraction of sp³-hybridized carbons (Fsp3) is 0.679. The molecule has 39 heavy (non-hydrogen) atoms. The summed E-state index contributed by atoms with van der Waals surface area (Å²) in [7, 11) is 0. The van der Waals surface area contributed by atoms with Gasteiger partial charge in [0.25, 0.3) is 0 Å². The summed E-state index contributed by atoms with van der Waals surface area (Å²) < 4.78 is 43.4. The number of nitrogens with one attached hydrogen (secondary N) is 2. The molecule has 8 nitrogen and oxygen atoms in total. The Morgan fingerprint density at radius 2 is 1.77 bits per heavy atom. The average Bonchev–Trinajstić information content (AvgIpc) is 3.60. The maximum Gasteiger partial charge on any atom is 0.243 e. The first-order valence-corrected chi connectivity index (χ1v) is 13.9. The zero-order valence-electron chi connectivity index (χ0n) is 22.8. The van der Waals surface area contributed by atoms with Crippen molar-refractivity contribution >= 4 is 23.9 Å². The molecule has 1 unspecified atom stereocenters. The molecule has 216 valence electrons. The van der Waals surface area contributed by atoms with Gasteiger partial charge in [0.2, 0.25) is 18.2 Å². The molecule has 3 N–H and O–H groups in total. The molecular weight excluding hydrogens is 513 g/mol. The van der Waals surface area contributed by atoms with E-state index in [1.165, 1.54) is 0 Å². The molecule has 2 saturated carbocycles. The van der Waals surface area contributed by atoms with E-state index in [1.54, 1.807) is 25.7 Å². The Morgan fingerprint density at radius 3 is 2.36 bits per heavy atom. The van der Waals surface area contributed by atoms with Crippen molar-refractivity contribution in [2.24, 2.45) is 17.3 Å². The normalized spacial score (nSPS) is 21.2. The van der Waals surface area contributed by atoms with Crippen LogP contribution in [0.25, 0.3) is 0 Å². The summed E-state index contributed by atoms with van der Waals surface area (Å²) in [5, 5.41) is 15.9. The van der Waals surface area contributed by atoms with Gasteiger partial charge in [-0.3, -0.25) is 19.6 Å². The molecule has 1 aromatic rings. The van der Waals surface area contributed by atoms with E-state index in [9.17, 15) is 32.8 Å². The highest BCUT2D eigenvalue weighted by Crippen LogP contribution is 2.43. The molecule has 2 fully saturated rings. The standard InChI is InChI=1S/C28H39F3N4O4/c1-28(2,3)25(33-26(37)17(14-34(39)15-36)12-16-6-4-5-7-16)27(38)32-21-10-11-35(18-8-9-18)24-19(21)13-20(29)22(30)23(24)31/h13,15-18,21,25,39H,4-12,14H2,1-3H3,(H,32,38)(H,33,37)/t17-,21?,25-/m1/s1. The first-order chi connectivity index (χ1) is 18.4. The van der Waals surface area contributed by atoms with Crippen LogP contribution in [-0.4, -0.2) is 53.7 Å². The summed E-state index contributed by atoms with van der Waals surface area (Å²) in [5.74, 6) is -5.52. The summed E-state index contributed by atoms with van der Waals surface area (Å²) in [6.07, 6.45) is 6.83. The Bertz CT molecular complexity index is 1090. The van der Waals surface area contributed by atoms with Gasteiger partial charge in [-0.2, -0.15) is 0 Å². The molecule has 4 rings (SSSR count). The first kappa shape index (κ1) is 29.2. The number of carbonyl (C=O) groups is 3. The molecule has 0 bridgehead atoms. The highest BCUT2D eigenvalue weighted by Gasteiger charge is 2.41. The van der Waals surface area contributed by atoms with E-state index in [1.807, 2.05) is 0 Å². The Kier molecular flexibility index (Phi) is 8.78. The molecule has 0 saturated heterocycles. The number of fused-ring (bicyclic) bond motifs is 1. The van der Waals surface area contributed by atoms with Gasteiger partial charge in [-0.25, -0.2) is 18.2 Å². The number of anilines is 1. The predicted octanol–water partition coefficient (Wildman–Crippen LogP) is 4.21. The summed E-state index contributed by atoms with van der Waals surface area (Å²) >= 11 is 0. The first-order valence-electron chi connectivity index (χ1n) is 13.9. The Hall–Kier alpha value is -2.82. The highest BCUT2D eigenvalue weighted by molar-refractivity contribution is 5.89. The fourth-order valence-corrected chi connectivity index (χ4v) is 5.97. The van der Waals surface area contributed by atoms with E-state index < -0.39 is 52.7 Å². The van der Waals surface area contributed by atoms with E-state index in [-0.39, 0.29) is 30.2 Å². The van der Waals surface area contributed by atoms with Crippen molar-refractivity contribution in [3.05, 3.63) is 29.1 Å². The second kappa shape index (κ2) is 11.7. The van der Waals surface area contributed by atoms with Gasteiger partial charge in [0, 0.05) is 18.2 Å². The van der Waals surface area contributed by atoms with Gasteiger partial charge < -0.3 is 15.5 Å².